The fourth-order valence-electron chi connectivity index (χ4n) is 4.43. The zero-order valence-electron chi connectivity index (χ0n) is 13.4. The molecule has 5 heteroatoms. The Morgan fingerprint density at radius 2 is 2.14 bits per heavy atom. The fraction of sp³-hybridized carbons (Fsp3) is 0.647. The molecule has 120 valence electrons. The second-order valence-corrected chi connectivity index (χ2v) is 8.74. The molecule has 1 aliphatic carbocycles. The first-order chi connectivity index (χ1) is 10.3. The summed E-state index contributed by atoms with van der Waals surface area (Å²) >= 11 is 1.33. The van der Waals surface area contributed by atoms with Crippen molar-refractivity contribution in [3.63, 3.8) is 0 Å². The molecule has 0 aromatic carbocycles. The minimum atomic E-state index is -0.405. The van der Waals surface area contributed by atoms with E-state index in [9.17, 15) is 9.59 Å². The largest absolute Gasteiger partial charge is 0.451 e. The number of amides is 1. The van der Waals surface area contributed by atoms with E-state index in [2.05, 4.69) is 20.8 Å². The highest BCUT2D eigenvalue weighted by Gasteiger charge is 2.50. The van der Waals surface area contributed by atoms with Gasteiger partial charge in [0.2, 0.25) is 0 Å². The molecular weight excluding hydrogens is 298 g/mol. The number of hydrogen-bond donors (Lipinski definition) is 0. The molecule has 2 heterocycles. The van der Waals surface area contributed by atoms with Crippen LogP contribution in [0, 0.1) is 10.8 Å². The maximum absolute atomic E-state index is 12.5. The molecule has 2 atom stereocenters. The number of hydrogen-bond acceptors (Lipinski definition) is 4. The van der Waals surface area contributed by atoms with Gasteiger partial charge in [0.15, 0.2) is 6.61 Å². The third-order valence-electron chi connectivity index (χ3n) is 4.78. The summed E-state index contributed by atoms with van der Waals surface area (Å²) < 4.78 is 5.17. The van der Waals surface area contributed by atoms with Crippen LogP contribution in [0.15, 0.2) is 17.5 Å². The van der Waals surface area contributed by atoms with Crippen molar-refractivity contribution in [2.24, 2.45) is 10.8 Å². The van der Waals surface area contributed by atoms with Crippen molar-refractivity contribution in [1.82, 2.24) is 4.90 Å². The maximum Gasteiger partial charge on any atom is 0.348 e. The standard InChI is InChI=1S/C17H23NO3S/c1-16(2)7-12-8-17(3,10-16)11-18(12)14(19)9-21-15(20)13-5-4-6-22-13/h4-6,12H,7-11H2,1-3H3/t12-,17-/m0/s1. The minimum absolute atomic E-state index is 0.0590. The van der Waals surface area contributed by atoms with Gasteiger partial charge >= 0.3 is 5.97 Å². The number of ether oxygens (including phenoxy) is 1. The Kier molecular flexibility index (Phi) is 3.79. The number of esters is 1. The van der Waals surface area contributed by atoms with Crippen LogP contribution in [0.2, 0.25) is 0 Å². The highest BCUT2D eigenvalue weighted by Crippen LogP contribution is 2.52. The van der Waals surface area contributed by atoms with Gasteiger partial charge in [0.1, 0.15) is 4.88 Å². The Morgan fingerprint density at radius 3 is 2.82 bits per heavy atom. The van der Waals surface area contributed by atoms with Gasteiger partial charge in [-0.3, -0.25) is 4.79 Å². The van der Waals surface area contributed by atoms with Crippen LogP contribution >= 0.6 is 11.3 Å². The molecule has 2 fully saturated rings. The number of nitrogens with zero attached hydrogens (tertiary/aromatic N) is 1. The lowest BCUT2D eigenvalue weighted by molar-refractivity contribution is -0.135. The van der Waals surface area contributed by atoms with Gasteiger partial charge in [-0.15, -0.1) is 11.3 Å². The smallest absolute Gasteiger partial charge is 0.348 e. The van der Waals surface area contributed by atoms with Gasteiger partial charge in [-0.1, -0.05) is 26.8 Å². The number of thiophene rings is 1. The van der Waals surface area contributed by atoms with Crippen LogP contribution in [0.4, 0.5) is 0 Å². The van der Waals surface area contributed by atoms with Crippen molar-refractivity contribution < 1.29 is 14.3 Å². The number of carbonyl (C=O) groups excluding carboxylic acids is 2. The summed E-state index contributed by atoms with van der Waals surface area (Å²) in [6, 6.07) is 3.81. The van der Waals surface area contributed by atoms with Crippen molar-refractivity contribution in [3.05, 3.63) is 22.4 Å². The minimum Gasteiger partial charge on any atom is -0.451 e. The average Bonchev–Trinajstić information content (AvgIpc) is 3.00. The number of likely N-dealkylation sites (tertiary alicyclic amines) is 1. The zero-order valence-corrected chi connectivity index (χ0v) is 14.2. The molecule has 1 saturated heterocycles. The maximum atomic E-state index is 12.5. The molecule has 2 bridgehead atoms. The molecule has 1 aliphatic heterocycles. The van der Waals surface area contributed by atoms with E-state index in [1.54, 1.807) is 12.1 Å². The van der Waals surface area contributed by atoms with Crippen molar-refractivity contribution in [3.8, 4) is 0 Å². The van der Waals surface area contributed by atoms with Gasteiger partial charge in [0.05, 0.1) is 0 Å². The summed E-state index contributed by atoms with van der Waals surface area (Å²) in [7, 11) is 0. The van der Waals surface area contributed by atoms with Crippen LogP contribution in [0.25, 0.3) is 0 Å². The van der Waals surface area contributed by atoms with Gasteiger partial charge in [-0.25, -0.2) is 4.79 Å². The van der Waals surface area contributed by atoms with Crippen molar-refractivity contribution in [2.45, 2.75) is 46.1 Å². The molecule has 22 heavy (non-hydrogen) atoms. The predicted molar refractivity (Wildman–Crippen MR) is 85.8 cm³/mol. The van der Waals surface area contributed by atoms with E-state index in [0.29, 0.717) is 10.9 Å². The van der Waals surface area contributed by atoms with Gasteiger partial charge in [-0.2, -0.15) is 0 Å². The first-order valence-corrected chi connectivity index (χ1v) is 8.66. The lowest BCUT2D eigenvalue weighted by Crippen LogP contribution is -2.39. The molecule has 0 radical (unpaired) electrons. The highest BCUT2D eigenvalue weighted by molar-refractivity contribution is 7.11. The van der Waals surface area contributed by atoms with E-state index in [-0.39, 0.29) is 23.3 Å². The Bertz CT molecular complexity index is 581. The van der Waals surface area contributed by atoms with Crippen LogP contribution in [0.1, 0.15) is 49.7 Å². The topological polar surface area (TPSA) is 46.6 Å². The van der Waals surface area contributed by atoms with E-state index in [0.717, 1.165) is 25.8 Å². The second-order valence-electron chi connectivity index (χ2n) is 7.79. The predicted octanol–water partition coefficient (Wildman–Crippen LogP) is 3.33. The summed E-state index contributed by atoms with van der Waals surface area (Å²) in [4.78, 5) is 26.8. The molecule has 3 rings (SSSR count). The van der Waals surface area contributed by atoms with Crippen LogP contribution in [-0.2, 0) is 9.53 Å². The molecule has 0 N–H and O–H groups in total. The lowest BCUT2D eigenvalue weighted by Gasteiger charge is -2.39. The first kappa shape index (κ1) is 15.5. The third-order valence-corrected chi connectivity index (χ3v) is 5.63. The SMILES string of the molecule is CC1(C)C[C@H]2C[C@](C)(CN2C(=O)COC(=O)c2cccs2)C1. The Labute approximate surface area is 135 Å². The van der Waals surface area contributed by atoms with Gasteiger partial charge in [-0.05, 0) is 41.5 Å². The Morgan fingerprint density at radius 1 is 1.36 bits per heavy atom. The molecule has 0 spiro atoms. The zero-order chi connectivity index (χ0) is 16.0. The molecule has 1 aromatic rings. The van der Waals surface area contributed by atoms with Crippen molar-refractivity contribution in [1.29, 1.82) is 0 Å². The molecule has 1 amide bonds. The van der Waals surface area contributed by atoms with E-state index in [1.807, 2.05) is 10.3 Å². The molecule has 1 saturated carbocycles. The van der Waals surface area contributed by atoms with Gasteiger partial charge in [0, 0.05) is 12.6 Å². The van der Waals surface area contributed by atoms with E-state index in [4.69, 9.17) is 4.74 Å². The van der Waals surface area contributed by atoms with Crippen LogP contribution in [-0.4, -0.2) is 36.0 Å². The average molecular weight is 321 g/mol. The summed E-state index contributed by atoms with van der Waals surface area (Å²) in [5.74, 6) is -0.464. The molecule has 0 unspecified atom stereocenters. The van der Waals surface area contributed by atoms with Gasteiger partial charge in [0.25, 0.3) is 5.91 Å². The first-order valence-electron chi connectivity index (χ1n) is 7.78. The fourth-order valence-corrected chi connectivity index (χ4v) is 5.04. The Hall–Kier alpha value is -1.36. The number of carbonyl (C=O) groups is 2. The van der Waals surface area contributed by atoms with Crippen LogP contribution in [0.5, 0.6) is 0 Å². The van der Waals surface area contributed by atoms with Crippen LogP contribution < -0.4 is 0 Å². The second kappa shape index (κ2) is 5.37. The van der Waals surface area contributed by atoms with Crippen LogP contribution in [0.3, 0.4) is 0 Å². The summed E-state index contributed by atoms with van der Waals surface area (Å²) in [5.41, 5.74) is 0.486. The molecule has 2 aliphatic rings. The number of rotatable bonds is 3. The molecular formula is C17H23NO3S. The number of fused-ring (bicyclic) bond motifs is 2. The van der Waals surface area contributed by atoms with Crippen molar-refractivity contribution in [2.75, 3.05) is 13.2 Å². The van der Waals surface area contributed by atoms with Crippen molar-refractivity contribution >= 4 is 23.2 Å². The highest BCUT2D eigenvalue weighted by atomic mass is 32.1. The Balaban J connectivity index is 1.60. The normalized spacial score (nSPS) is 29.4. The van der Waals surface area contributed by atoms with E-state index >= 15 is 0 Å². The summed E-state index contributed by atoms with van der Waals surface area (Å²) in [6.45, 7) is 7.47. The monoisotopic (exact) mass is 321 g/mol. The molecule has 4 nitrogen and oxygen atoms in total. The van der Waals surface area contributed by atoms with E-state index in [1.165, 1.54) is 11.3 Å². The quantitative estimate of drug-likeness (QED) is 0.802. The van der Waals surface area contributed by atoms with Gasteiger partial charge < -0.3 is 9.64 Å². The van der Waals surface area contributed by atoms with E-state index < -0.39 is 5.97 Å². The summed E-state index contributed by atoms with van der Waals surface area (Å²) in [6.07, 6.45) is 3.25. The third kappa shape index (κ3) is 3.05. The summed E-state index contributed by atoms with van der Waals surface area (Å²) in [5, 5.41) is 1.82. The molecule has 1 aromatic heterocycles. The lowest BCUT2D eigenvalue weighted by atomic mass is 9.65.